The monoisotopic (exact) mass is 236 g/mol. The summed E-state index contributed by atoms with van der Waals surface area (Å²) in [5.74, 6) is -0.206. The molecule has 0 aromatic rings. The largest absolute Gasteiger partial charge is 0.465 e. The van der Waals surface area contributed by atoms with Crippen LogP contribution in [0.3, 0.4) is 0 Å². The third kappa shape index (κ3) is 5.29. The molecule has 12 heavy (non-hydrogen) atoms. The van der Waals surface area contributed by atoms with Crippen LogP contribution in [0.4, 0.5) is 0 Å². The van der Waals surface area contributed by atoms with Crippen LogP contribution in [0.25, 0.3) is 0 Å². The molecule has 70 valence electrons. The van der Waals surface area contributed by atoms with Crippen molar-refractivity contribution in [3.63, 3.8) is 0 Å². The lowest BCUT2D eigenvalue weighted by molar-refractivity contribution is -0.142. The van der Waals surface area contributed by atoms with E-state index in [1.54, 1.807) is 6.92 Å². The molecule has 0 saturated heterocycles. The highest BCUT2D eigenvalue weighted by Gasteiger charge is 2.15. The Labute approximate surface area is 80.6 Å². The number of halogens is 1. The minimum Gasteiger partial charge on any atom is -0.465 e. The Morgan fingerprint density at radius 3 is 2.50 bits per heavy atom. The number of Topliss-reactive ketones (excluding diaryl/α,β-unsaturated/α-hetero) is 1. The molecule has 0 saturated carbocycles. The normalized spacial score (nSPS) is 12.2. The van der Waals surface area contributed by atoms with E-state index in [0.29, 0.717) is 19.4 Å². The molecule has 0 aliphatic carbocycles. The van der Waals surface area contributed by atoms with Crippen molar-refractivity contribution in [3.8, 4) is 0 Å². The zero-order valence-electron chi connectivity index (χ0n) is 7.30. The Balaban J connectivity index is 3.63. The summed E-state index contributed by atoms with van der Waals surface area (Å²) >= 11 is 3.15. The minimum absolute atomic E-state index is 0.0868. The van der Waals surface area contributed by atoms with Crippen LogP contribution in [0.5, 0.6) is 0 Å². The van der Waals surface area contributed by atoms with Crippen molar-refractivity contribution in [2.75, 3.05) is 6.61 Å². The molecule has 0 radical (unpaired) electrons. The second kappa shape index (κ2) is 6.17. The van der Waals surface area contributed by atoms with Gasteiger partial charge in [0, 0.05) is 6.42 Å². The molecule has 0 aromatic heterocycles. The van der Waals surface area contributed by atoms with Gasteiger partial charge >= 0.3 is 5.97 Å². The summed E-state index contributed by atoms with van der Waals surface area (Å²) in [5.41, 5.74) is 0. The standard InChI is InChI=1S/C8H13BrO3/c1-3-12-8(11)7(9)5-4-6(2)10/h7H,3-5H2,1-2H3. The SMILES string of the molecule is CCOC(=O)C(Br)CCC(C)=O. The van der Waals surface area contributed by atoms with Gasteiger partial charge in [-0.3, -0.25) is 4.79 Å². The molecule has 0 aromatic carbocycles. The Morgan fingerprint density at radius 1 is 1.50 bits per heavy atom. The Hall–Kier alpha value is -0.380. The first kappa shape index (κ1) is 11.6. The Bertz CT molecular complexity index is 168. The maximum atomic E-state index is 11.0. The fraction of sp³-hybridized carbons (Fsp3) is 0.750. The molecule has 0 rings (SSSR count). The van der Waals surface area contributed by atoms with Crippen LogP contribution in [-0.2, 0) is 14.3 Å². The summed E-state index contributed by atoms with van der Waals surface area (Å²) in [6.07, 6.45) is 0.920. The average Bonchev–Trinajstić information content (AvgIpc) is 2.00. The van der Waals surface area contributed by atoms with Crippen LogP contribution < -0.4 is 0 Å². The smallest absolute Gasteiger partial charge is 0.319 e. The lowest BCUT2D eigenvalue weighted by Gasteiger charge is -2.06. The molecule has 0 spiro atoms. The fourth-order valence-corrected chi connectivity index (χ4v) is 1.04. The number of carbonyl (C=O) groups is 2. The molecule has 0 fully saturated rings. The molecular formula is C8H13BrO3. The van der Waals surface area contributed by atoms with Crippen molar-refractivity contribution in [1.29, 1.82) is 0 Å². The predicted octanol–water partition coefficient (Wildman–Crippen LogP) is 1.68. The van der Waals surface area contributed by atoms with Gasteiger partial charge in [-0.1, -0.05) is 15.9 Å². The molecule has 0 N–H and O–H groups in total. The average molecular weight is 237 g/mol. The van der Waals surface area contributed by atoms with Gasteiger partial charge in [-0.15, -0.1) is 0 Å². The molecule has 0 aliphatic rings. The molecule has 0 bridgehead atoms. The van der Waals surface area contributed by atoms with E-state index in [4.69, 9.17) is 4.74 Å². The summed E-state index contributed by atoms with van der Waals surface area (Å²) in [6, 6.07) is 0. The third-order valence-electron chi connectivity index (χ3n) is 1.29. The number of rotatable bonds is 5. The lowest BCUT2D eigenvalue weighted by Crippen LogP contribution is -2.18. The highest BCUT2D eigenvalue weighted by atomic mass is 79.9. The topological polar surface area (TPSA) is 43.4 Å². The third-order valence-corrected chi connectivity index (χ3v) is 2.12. The van der Waals surface area contributed by atoms with E-state index >= 15 is 0 Å². The number of ether oxygens (including phenoxy) is 1. The summed E-state index contributed by atoms with van der Waals surface area (Å²) in [4.78, 5) is 21.2. The number of ketones is 1. The first-order valence-corrected chi connectivity index (χ1v) is 4.79. The lowest BCUT2D eigenvalue weighted by atomic mass is 10.2. The van der Waals surface area contributed by atoms with Gasteiger partial charge < -0.3 is 9.53 Å². The van der Waals surface area contributed by atoms with Crippen molar-refractivity contribution < 1.29 is 14.3 Å². The van der Waals surface area contributed by atoms with Gasteiger partial charge in [0.15, 0.2) is 0 Å². The number of esters is 1. The molecular weight excluding hydrogens is 224 g/mol. The first-order valence-electron chi connectivity index (χ1n) is 3.88. The molecule has 0 aliphatic heterocycles. The fourth-order valence-electron chi connectivity index (χ4n) is 0.681. The summed E-state index contributed by atoms with van der Waals surface area (Å²) in [6.45, 7) is 3.63. The summed E-state index contributed by atoms with van der Waals surface area (Å²) in [7, 11) is 0. The van der Waals surface area contributed by atoms with E-state index in [2.05, 4.69) is 15.9 Å². The maximum Gasteiger partial charge on any atom is 0.319 e. The van der Waals surface area contributed by atoms with Crippen molar-refractivity contribution >= 4 is 27.7 Å². The number of alkyl halides is 1. The molecule has 0 amide bonds. The Kier molecular flexibility index (Phi) is 5.98. The molecule has 3 nitrogen and oxygen atoms in total. The van der Waals surface area contributed by atoms with Gasteiger partial charge in [-0.05, 0) is 20.3 Å². The van der Waals surface area contributed by atoms with Crippen molar-refractivity contribution in [2.24, 2.45) is 0 Å². The van der Waals surface area contributed by atoms with Gasteiger partial charge in [0.1, 0.15) is 10.6 Å². The van der Waals surface area contributed by atoms with Crippen LogP contribution in [0.15, 0.2) is 0 Å². The van der Waals surface area contributed by atoms with Crippen LogP contribution in [-0.4, -0.2) is 23.2 Å². The molecule has 0 heterocycles. The number of hydrogen-bond acceptors (Lipinski definition) is 3. The highest BCUT2D eigenvalue weighted by Crippen LogP contribution is 2.10. The second-order valence-corrected chi connectivity index (χ2v) is 3.57. The number of carbonyl (C=O) groups excluding carboxylic acids is 2. The van der Waals surface area contributed by atoms with Crippen LogP contribution >= 0.6 is 15.9 Å². The van der Waals surface area contributed by atoms with Crippen LogP contribution in [0.1, 0.15) is 26.7 Å². The Morgan fingerprint density at radius 2 is 2.08 bits per heavy atom. The van der Waals surface area contributed by atoms with E-state index in [9.17, 15) is 9.59 Å². The van der Waals surface area contributed by atoms with Gasteiger partial charge in [-0.25, -0.2) is 0 Å². The zero-order valence-corrected chi connectivity index (χ0v) is 8.89. The van der Waals surface area contributed by atoms with Gasteiger partial charge in [-0.2, -0.15) is 0 Å². The van der Waals surface area contributed by atoms with Crippen LogP contribution in [0.2, 0.25) is 0 Å². The van der Waals surface area contributed by atoms with Gasteiger partial charge in [0.05, 0.1) is 6.61 Å². The van der Waals surface area contributed by atoms with Gasteiger partial charge in [0.2, 0.25) is 0 Å². The maximum absolute atomic E-state index is 11.0. The van der Waals surface area contributed by atoms with E-state index < -0.39 is 0 Å². The highest BCUT2D eigenvalue weighted by molar-refractivity contribution is 9.10. The number of hydrogen-bond donors (Lipinski definition) is 0. The van der Waals surface area contributed by atoms with Crippen LogP contribution in [0, 0.1) is 0 Å². The predicted molar refractivity (Wildman–Crippen MR) is 49.3 cm³/mol. The molecule has 4 heteroatoms. The van der Waals surface area contributed by atoms with Crippen molar-refractivity contribution in [1.82, 2.24) is 0 Å². The zero-order chi connectivity index (χ0) is 9.56. The second-order valence-electron chi connectivity index (χ2n) is 2.46. The van der Waals surface area contributed by atoms with E-state index in [0.717, 1.165) is 0 Å². The van der Waals surface area contributed by atoms with E-state index in [1.807, 2.05) is 0 Å². The van der Waals surface area contributed by atoms with Gasteiger partial charge in [0.25, 0.3) is 0 Å². The van der Waals surface area contributed by atoms with Crippen molar-refractivity contribution in [3.05, 3.63) is 0 Å². The van der Waals surface area contributed by atoms with E-state index in [1.165, 1.54) is 6.92 Å². The quantitative estimate of drug-likeness (QED) is 0.539. The summed E-state index contributed by atoms with van der Waals surface area (Å²) < 4.78 is 4.74. The molecule has 1 unspecified atom stereocenters. The first-order chi connectivity index (χ1) is 5.57. The minimum atomic E-state index is -0.346. The van der Waals surface area contributed by atoms with E-state index in [-0.39, 0.29) is 16.6 Å². The van der Waals surface area contributed by atoms with Crippen molar-refractivity contribution in [2.45, 2.75) is 31.5 Å². The molecule has 1 atom stereocenters. The summed E-state index contributed by atoms with van der Waals surface area (Å²) in [5, 5.41) is 0.